The number of nitrogens with zero attached hydrogens (tertiary/aromatic N) is 2. The molecule has 1 unspecified atom stereocenters. The van der Waals surface area contributed by atoms with Crippen molar-refractivity contribution in [2.45, 2.75) is 19.4 Å². The first-order valence-corrected chi connectivity index (χ1v) is 7.93. The number of pyridine rings is 1. The van der Waals surface area contributed by atoms with Crippen LogP contribution in [-0.4, -0.2) is 36.6 Å². The van der Waals surface area contributed by atoms with Crippen molar-refractivity contribution in [2.75, 3.05) is 26.7 Å². The highest BCUT2D eigenvalue weighted by molar-refractivity contribution is 9.11. The molecule has 1 aliphatic rings. The first kappa shape index (κ1) is 14.4. The van der Waals surface area contributed by atoms with E-state index in [0.29, 0.717) is 0 Å². The van der Waals surface area contributed by atoms with Gasteiger partial charge < -0.3 is 10.2 Å². The molecule has 1 aliphatic heterocycles. The van der Waals surface area contributed by atoms with E-state index < -0.39 is 0 Å². The molecule has 2 heterocycles. The predicted octanol–water partition coefficient (Wildman–Crippen LogP) is 3.04. The maximum Gasteiger partial charge on any atom is 0.0684 e. The molecule has 1 atom stereocenters. The molecule has 100 valence electrons. The Morgan fingerprint density at radius 2 is 2.33 bits per heavy atom. The molecule has 0 aliphatic carbocycles. The highest BCUT2D eigenvalue weighted by Gasteiger charge is 2.16. The maximum atomic E-state index is 4.41. The monoisotopic (exact) mass is 375 g/mol. The number of halogens is 2. The van der Waals surface area contributed by atoms with E-state index >= 15 is 0 Å². The molecule has 5 heteroatoms. The number of hydrogen-bond donors (Lipinski definition) is 1. The van der Waals surface area contributed by atoms with Gasteiger partial charge in [-0.1, -0.05) is 0 Å². The van der Waals surface area contributed by atoms with E-state index in [-0.39, 0.29) is 0 Å². The van der Waals surface area contributed by atoms with Gasteiger partial charge in [0.05, 0.1) is 5.69 Å². The molecule has 18 heavy (non-hydrogen) atoms. The van der Waals surface area contributed by atoms with Gasteiger partial charge in [-0.2, -0.15) is 0 Å². The minimum atomic E-state index is 0.776. The third-order valence-corrected chi connectivity index (χ3v) is 4.45. The second-order valence-electron chi connectivity index (χ2n) is 4.98. The molecular formula is C13H19Br2N3. The molecule has 3 nitrogen and oxygen atoms in total. The fourth-order valence-corrected chi connectivity index (χ4v) is 3.54. The van der Waals surface area contributed by atoms with Crippen LogP contribution < -0.4 is 5.32 Å². The molecule has 0 saturated carbocycles. The Balaban J connectivity index is 1.77. The number of nitrogens with one attached hydrogen (secondary N) is 1. The quantitative estimate of drug-likeness (QED) is 0.875. The molecule has 1 aromatic rings. The molecule has 2 rings (SSSR count). The second kappa shape index (κ2) is 6.98. The summed E-state index contributed by atoms with van der Waals surface area (Å²) in [7, 11) is 2.21. The molecule has 0 radical (unpaired) electrons. The number of piperidine rings is 1. The van der Waals surface area contributed by atoms with Crippen LogP contribution in [0.25, 0.3) is 0 Å². The zero-order chi connectivity index (χ0) is 13.0. The summed E-state index contributed by atoms with van der Waals surface area (Å²) in [6.45, 7) is 4.36. The van der Waals surface area contributed by atoms with Gasteiger partial charge in [0.1, 0.15) is 0 Å². The molecule has 0 amide bonds. The molecule has 1 aromatic heterocycles. The lowest BCUT2D eigenvalue weighted by Crippen LogP contribution is -2.37. The number of aromatic nitrogens is 1. The van der Waals surface area contributed by atoms with Crippen LogP contribution in [0.1, 0.15) is 18.5 Å². The fraction of sp³-hybridized carbons (Fsp3) is 0.615. The number of hydrogen-bond acceptors (Lipinski definition) is 3. The summed E-state index contributed by atoms with van der Waals surface area (Å²) in [6.07, 6.45) is 4.51. The maximum absolute atomic E-state index is 4.41. The number of likely N-dealkylation sites (tertiary alicyclic amines) is 1. The zero-order valence-electron chi connectivity index (χ0n) is 10.6. The summed E-state index contributed by atoms with van der Waals surface area (Å²) in [5.41, 5.74) is 1.07. The van der Waals surface area contributed by atoms with E-state index in [0.717, 1.165) is 33.6 Å². The van der Waals surface area contributed by atoms with E-state index in [4.69, 9.17) is 0 Å². The van der Waals surface area contributed by atoms with Gasteiger partial charge in [0, 0.05) is 28.2 Å². The highest BCUT2D eigenvalue weighted by Crippen LogP contribution is 2.19. The van der Waals surface area contributed by atoms with Crippen molar-refractivity contribution < 1.29 is 0 Å². The van der Waals surface area contributed by atoms with Crippen LogP contribution in [0.2, 0.25) is 0 Å². The SMILES string of the molecule is CN1CCCC(CNCc2ncc(Br)cc2Br)C1. The molecule has 0 spiro atoms. The molecule has 1 fully saturated rings. The van der Waals surface area contributed by atoms with Crippen molar-refractivity contribution in [1.82, 2.24) is 15.2 Å². The van der Waals surface area contributed by atoms with E-state index in [1.807, 2.05) is 12.3 Å². The lowest BCUT2D eigenvalue weighted by atomic mass is 9.98. The Bertz CT molecular complexity index is 398. The van der Waals surface area contributed by atoms with Gasteiger partial charge in [0.15, 0.2) is 0 Å². The van der Waals surface area contributed by atoms with Gasteiger partial charge in [-0.15, -0.1) is 0 Å². The summed E-state index contributed by atoms with van der Waals surface area (Å²) >= 11 is 6.96. The molecular weight excluding hydrogens is 358 g/mol. The van der Waals surface area contributed by atoms with E-state index in [1.54, 1.807) is 0 Å². The Labute approximate surface area is 126 Å². The predicted molar refractivity (Wildman–Crippen MR) is 81.6 cm³/mol. The van der Waals surface area contributed by atoms with E-state index in [1.165, 1.54) is 25.9 Å². The zero-order valence-corrected chi connectivity index (χ0v) is 13.8. The summed E-state index contributed by atoms with van der Waals surface area (Å²) in [5, 5.41) is 3.52. The van der Waals surface area contributed by atoms with Gasteiger partial charge in [-0.05, 0) is 76.8 Å². The van der Waals surface area contributed by atoms with Crippen molar-refractivity contribution in [1.29, 1.82) is 0 Å². The van der Waals surface area contributed by atoms with Gasteiger partial charge in [0.25, 0.3) is 0 Å². The van der Waals surface area contributed by atoms with E-state index in [9.17, 15) is 0 Å². The summed E-state index contributed by atoms with van der Waals surface area (Å²) in [6, 6.07) is 2.04. The van der Waals surface area contributed by atoms with Crippen molar-refractivity contribution in [3.05, 3.63) is 26.9 Å². The molecule has 0 aromatic carbocycles. The second-order valence-corrected chi connectivity index (χ2v) is 6.75. The van der Waals surface area contributed by atoms with Gasteiger partial charge in [-0.3, -0.25) is 4.98 Å². The molecule has 1 N–H and O–H groups in total. The minimum absolute atomic E-state index is 0.776. The summed E-state index contributed by atoms with van der Waals surface area (Å²) in [4.78, 5) is 6.83. The lowest BCUT2D eigenvalue weighted by molar-refractivity contribution is 0.206. The van der Waals surface area contributed by atoms with Gasteiger partial charge in [-0.25, -0.2) is 0 Å². The standard InChI is InChI=1S/C13H19Br2N3/c1-18-4-2-3-10(9-18)6-16-8-13-12(15)5-11(14)7-17-13/h5,7,10,16H,2-4,6,8-9H2,1H3. The molecule has 1 saturated heterocycles. The van der Waals surface area contributed by atoms with Crippen molar-refractivity contribution in [3.63, 3.8) is 0 Å². The van der Waals surface area contributed by atoms with E-state index in [2.05, 4.69) is 54.1 Å². The third-order valence-electron chi connectivity index (χ3n) is 3.33. The smallest absolute Gasteiger partial charge is 0.0684 e. The van der Waals surface area contributed by atoms with Gasteiger partial charge >= 0.3 is 0 Å². The Kier molecular flexibility index (Phi) is 5.60. The van der Waals surface area contributed by atoms with Crippen LogP contribution in [-0.2, 0) is 6.54 Å². The average molecular weight is 377 g/mol. The first-order chi connectivity index (χ1) is 8.65. The summed E-state index contributed by atoms with van der Waals surface area (Å²) in [5.74, 6) is 0.776. The van der Waals surface area contributed by atoms with Crippen molar-refractivity contribution in [3.8, 4) is 0 Å². The van der Waals surface area contributed by atoms with Crippen LogP contribution in [0.4, 0.5) is 0 Å². The van der Waals surface area contributed by atoms with Crippen molar-refractivity contribution >= 4 is 31.9 Å². The Morgan fingerprint density at radius 1 is 1.50 bits per heavy atom. The van der Waals surface area contributed by atoms with Crippen LogP contribution in [0, 0.1) is 5.92 Å². The largest absolute Gasteiger partial charge is 0.311 e. The van der Waals surface area contributed by atoms with Crippen molar-refractivity contribution in [2.24, 2.45) is 5.92 Å². The molecule has 0 bridgehead atoms. The minimum Gasteiger partial charge on any atom is -0.311 e. The normalized spacial score (nSPS) is 21.2. The highest BCUT2D eigenvalue weighted by atomic mass is 79.9. The Hall–Kier alpha value is 0.0300. The fourth-order valence-electron chi connectivity index (χ4n) is 2.41. The third kappa shape index (κ3) is 4.30. The lowest BCUT2D eigenvalue weighted by Gasteiger charge is -2.29. The van der Waals surface area contributed by atoms with Crippen LogP contribution in [0.3, 0.4) is 0 Å². The van der Waals surface area contributed by atoms with Crippen LogP contribution in [0.5, 0.6) is 0 Å². The number of rotatable bonds is 4. The average Bonchev–Trinajstić information content (AvgIpc) is 2.32. The first-order valence-electron chi connectivity index (χ1n) is 6.34. The van der Waals surface area contributed by atoms with Crippen LogP contribution >= 0.6 is 31.9 Å². The van der Waals surface area contributed by atoms with Crippen LogP contribution in [0.15, 0.2) is 21.2 Å². The topological polar surface area (TPSA) is 28.2 Å². The van der Waals surface area contributed by atoms with Gasteiger partial charge in [0.2, 0.25) is 0 Å². The summed E-state index contributed by atoms with van der Waals surface area (Å²) < 4.78 is 2.07. The Morgan fingerprint density at radius 3 is 3.06 bits per heavy atom.